The summed E-state index contributed by atoms with van der Waals surface area (Å²) in [7, 11) is 1.55. The molecule has 0 saturated carbocycles. The zero-order valence-electron chi connectivity index (χ0n) is 11.9. The third-order valence-corrected chi connectivity index (χ3v) is 3.07. The minimum Gasteiger partial charge on any atom is -0.481 e. The summed E-state index contributed by atoms with van der Waals surface area (Å²) in [5.41, 5.74) is -0.244. The number of aliphatic carboxylic acids is 1. The maximum atomic E-state index is 12.4. The summed E-state index contributed by atoms with van der Waals surface area (Å²) < 4.78 is 1.39. The van der Waals surface area contributed by atoms with Crippen molar-refractivity contribution in [3.05, 3.63) is 34.7 Å². The fourth-order valence-corrected chi connectivity index (χ4v) is 1.99. The van der Waals surface area contributed by atoms with Gasteiger partial charge in [0, 0.05) is 25.9 Å². The fraction of sp³-hybridized carbons (Fsp3) is 0.500. The lowest BCUT2D eigenvalue weighted by Crippen LogP contribution is -2.41. The molecule has 110 valence electrons. The molecule has 0 aliphatic heterocycles. The van der Waals surface area contributed by atoms with E-state index in [0.717, 1.165) is 0 Å². The van der Waals surface area contributed by atoms with Crippen molar-refractivity contribution in [1.29, 1.82) is 0 Å². The van der Waals surface area contributed by atoms with E-state index in [1.807, 2.05) is 13.8 Å². The topological polar surface area (TPSA) is 79.6 Å². The average Bonchev–Trinajstić information content (AvgIpc) is 2.37. The lowest BCUT2D eigenvalue weighted by atomic mass is 10.0. The van der Waals surface area contributed by atoms with Crippen molar-refractivity contribution in [2.24, 2.45) is 5.92 Å². The molecule has 1 unspecified atom stereocenters. The van der Waals surface area contributed by atoms with Gasteiger partial charge in [-0.1, -0.05) is 19.9 Å². The van der Waals surface area contributed by atoms with E-state index >= 15 is 0 Å². The van der Waals surface area contributed by atoms with Crippen LogP contribution in [0.2, 0.25) is 0 Å². The molecular formula is C14H20N2O4. The van der Waals surface area contributed by atoms with Crippen LogP contribution in [0.25, 0.3) is 0 Å². The Morgan fingerprint density at radius 1 is 1.35 bits per heavy atom. The second-order valence-electron chi connectivity index (χ2n) is 5.04. The van der Waals surface area contributed by atoms with Gasteiger partial charge in [0.05, 0.1) is 6.42 Å². The number of aromatic nitrogens is 1. The molecule has 0 aliphatic rings. The maximum absolute atomic E-state index is 12.4. The van der Waals surface area contributed by atoms with Crippen molar-refractivity contribution in [3.63, 3.8) is 0 Å². The number of rotatable bonds is 6. The standard InChI is InChI=1S/C14H20N2O4/c1-10(2)13(16-8-5-4-6-11(16)17)14(20)15(3)9-7-12(18)19/h4-6,8,10,13H,7,9H2,1-3H3,(H,18,19). The first-order valence-corrected chi connectivity index (χ1v) is 6.48. The first-order chi connectivity index (χ1) is 9.34. The number of hydrogen-bond donors (Lipinski definition) is 1. The summed E-state index contributed by atoms with van der Waals surface area (Å²) in [5, 5.41) is 8.66. The Balaban J connectivity index is 2.97. The van der Waals surface area contributed by atoms with Gasteiger partial charge in [-0.3, -0.25) is 14.4 Å². The van der Waals surface area contributed by atoms with Crippen LogP contribution in [0, 0.1) is 5.92 Å². The normalized spacial score (nSPS) is 12.2. The van der Waals surface area contributed by atoms with Gasteiger partial charge in [0.2, 0.25) is 5.91 Å². The zero-order valence-corrected chi connectivity index (χ0v) is 11.9. The van der Waals surface area contributed by atoms with Crippen molar-refractivity contribution >= 4 is 11.9 Å². The molecule has 0 aliphatic carbocycles. The fourth-order valence-electron chi connectivity index (χ4n) is 1.99. The molecule has 1 atom stereocenters. The van der Waals surface area contributed by atoms with Crippen LogP contribution in [0.15, 0.2) is 29.2 Å². The number of carbonyl (C=O) groups is 2. The van der Waals surface area contributed by atoms with Crippen LogP contribution in [0.5, 0.6) is 0 Å². The molecule has 20 heavy (non-hydrogen) atoms. The first-order valence-electron chi connectivity index (χ1n) is 6.48. The summed E-state index contributed by atoms with van der Waals surface area (Å²) in [4.78, 5) is 36.2. The number of amides is 1. The minimum absolute atomic E-state index is 0.0742. The Morgan fingerprint density at radius 2 is 2.00 bits per heavy atom. The Bertz CT molecular complexity index is 536. The molecule has 0 fully saturated rings. The van der Waals surface area contributed by atoms with Crippen molar-refractivity contribution < 1.29 is 14.7 Å². The Kier molecular flexibility index (Phi) is 5.49. The molecule has 1 rings (SSSR count). The van der Waals surface area contributed by atoms with Crippen LogP contribution in [0.3, 0.4) is 0 Å². The maximum Gasteiger partial charge on any atom is 0.305 e. The summed E-state index contributed by atoms with van der Waals surface area (Å²) in [6.07, 6.45) is 1.46. The summed E-state index contributed by atoms with van der Waals surface area (Å²) in [5.74, 6) is -1.29. The van der Waals surface area contributed by atoms with Crippen molar-refractivity contribution in [2.45, 2.75) is 26.3 Å². The quantitative estimate of drug-likeness (QED) is 0.842. The van der Waals surface area contributed by atoms with Gasteiger partial charge in [0.1, 0.15) is 6.04 Å². The van der Waals surface area contributed by atoms with E-state index < -0.39 is 12.0 Å². The number of pyridine rings is 1. The largest absolute Gasteiger partial charge is 0.481 e. The molecule has 0 saturated heterocycles. The van der Waals surface area contributed by atoms with Gasteiger partial charge in [0.25, 0.3) is 5.56 Å². The highest BCUT2D eigenvalue weighted by molar-refractivity contribution is 5.81. The molecule has 1 N–H and O–H groups in total. The lowest BCUT2D eigenvalue weighted by molar-refractivity contribution is -0.139. The van der Waals surface area contributed by atoms with Gasteiger partial charge in [0.15, 0.2) is 0 Å². The number of likely N-dealkylation sites (N-methyl/N-ethyl adjacent to an activating group) is 1. The highest BCUT2D eigenvalue weighted by Crippen LogP contribution is 2.18. The van der Waals surface area contributed by atoms with Gasteiger partial charge >= 0.3 is 5.97 Å². The molecule has 6 nitrogen and oxygen atoms in total. The molecule has 1 aromatic heterocycles. The minimum atomic E-state index is -0.956. The number of nitrogens with zero attached hydrogens (tertiary/aromatic N) is 2. The SMILES string of the molecule is CC(C)C(C(=O)N(C)CCC(=O)O)n1ccccc1=O. The summed E-state index contributed by atoms with van der Waals surface area (Å²) in [6, 6.07) is 4.10. The summed E-state index contributed by atoms with van der Waals surface area (Å²) >= 11 is 0. The molecular weight excluding hydrogens is 260 g/mol. The smallest absolute Gasteiger partial charge is 0.305 e. The predicted molar refractivity (Wildman–Crippen MR) is 74.5 cm³/mol. The lowest BCUT2D eigenvalue weighted by Gasteiger charge is -2.27. The highest BCUT2D eigenvalue weighted by Gasteiger charge is 2.27. The van der Waals surface area contributed by atoms with Gasteiger partial charge < -0.3 is 14.6 Å². The second-order valence-corrected chi connectivity index (χ2v) is 5.04. The molecule has 1 aromatic rings. The van der Waals surface area contributed by atoms with Gasteiger partial charge in [-0.2, -0.15) is 0 Å². The molecule has 0 bridgehead atoms. The third kappa shape index (κ3) is 3.94. The van der Waals surface area contributed by atoms with E-state index in [4.69, 9.17) is 5.11 Å². The van der Waals surface area contributed by atoms with E-state index in [9.17, 15) is 14.4 Å². The van der Waals surface area contributed by atoms with Gasteiger partial charge in [-0.05, 0) is 12.0 Å². The Hall–Kier alpha value is -2.11. The van der Waals surface area contributed by atoms with Crippen LogP contribution in [-0.2, 0) is 9.59 Å². The van der Waals surface area contributed by atoms with E-state index in [0.29, 0.717) is 0 Å². The number of carboxylic acids is 1. The zero-order chi connectivity index (χ0) is 15.3. The molecule has 6 heteroatoms. The number of carbonyl (C=O) groups excluding carboxylic acids is 1. The molecule has 0 spiro atoms. The first kappa shape index (κ1) is 15.9. The van der Waals surface area contributed by atoms with Crippen molar-refractivity contribution in [2.75, 3.05) is 13.6 Å². The third-order valence-electron chi connectivity index (χ3n) is 3.07. The predicted octanol–water partition coefficient (Wildman–Crippen LogP) is 0.978. The Labute approximate surface area is 117 Å². The van der Waals surface area contributed by atoms with Crippen molar-refractivity contribution in [3.8, 4) is 0 Å². The van der Waals surface area contributed by atoms with Crippen LogP contribution in [-0.4, -0.2) is 40.0 Å². The van der Waals surface area contributed by atoms with Crippen LogP contribution in [0.1, 0.15) is 26.3 Å². The van der Waals surface area contributed by atoms with Crippen LogP contribution >= 0.6 is 0 Å². The van der Waals surface area contributed by atoms with Crippen LogP contribution < -0.4 is 5.56 Å². The second kappa shape index (κ2) is 6.88. The van der Waals surface area contributed by atoms with Gasteiger partial charge in [-0.15, -0.1) is 0 Å². The van der Waals surface area contributed by atoms with Crippen LogP contribution in [0.4, 0.5) is 0 Å². The number of hydrogen-bond acceptors (Lipinski definition) is 3. The summed E-state index contributed by atoms with van der Waals surface area (Å²) in [6.45, 7) is 3.83. The Morgan fingerprint density at radius 3 is 2.50 bits per heavy atom. The van der Waals surface area contributed by atoms with Crippen molar-refractivity contribution in [1.82, 2.24) is 9.47 Å². The molecule has 0 aromatic carbocycles. The van der Waals surface area contributed by atoms with E-state index in [1.54, 1.807) is 25.4 Å². The monoisotopic (exact) mass is 280 g/mol. The van der Waals surface area contributed by atoms with Gasteiger partial charge in [-0.25, -0.2) is 0 Å². The number of carboxylic acid groups (broad SMARTS) is 1. The van der Waals surface area contributed by atoms with E-state index in [2.05, 4.69) is 0 Å². The molecule has 1 heterocycles. The average molecular weight is 280 g/mol. The molecule has 1 amide bonds. The van der Waals surface area contributed by atoms with E-state index in [-0.39, 0.29) is 30.3 Å². The molecule has 0 radical (unpaired) electrons. The highest BCUT2D eigenvalue weighted by atomic mass is 16.4. The van der Waals surface area contributed by atoms with E-state index in [1.165, 1.54) is 15.5 Å².